The van der Waals surface area contributed by atoms with Gasteiger partial charge in [0.15, 0.2) is 0 Å². The summed E-state index contributed by atoms with van der Waals surface area (Å²) in [6.45, 7) is 2.01. The van der Waals surface area contributed by atoms with Crippen LogP contribution in [0.1, 0.15) is 18.4 Å². The predicted octanol–water partition coefficient (Wildman–Crippen LogP) is 2.22. The molecule has 0 heterocycles. The van der Waals surface area contributed by atoms with Crippen LogP contribution in [0, 0.1) is 18.4 Å². The highest BCUT2D eigenvalue weighted by Crippen LogP contribution is 2.11. The zero-order valence-corrected chi connectivity index (χ0v) is 5.96. The summed E-state index contributed by atoms with van der Waals surface area (Å²) in [4.78, 5) is 0. The summed E-state index contributed by atoms with van der Waals surface area (Å²) in [6, 6.07) is 10.7. The van der Waals surface area contributed by atoms with E-state index in [1.54, 1.807) is 0 Å². The number of terminal acetylenes is 1. The lowest BCUT2D eigenvalue weighted by Crippen LogP contribution is -1.86. The summed E-state index contributed by atoms with van der Waals surface area (Å²) in [7, 11) is 0. The predicted molar refractivity (Wildman–Crippen MR) is 42.5 cm³/mol. The minimum Gasteiger partial charge on any atom is -0.119 e. The smallest absolute Gasteiger partial charge is 0.0421 e. The van der Waals surface area contributed by atoms with Crippen molar-refractivity contribution in [1.82, 2.24) is 0 Å². The standard InChI is InChI=1S/C10H9/c1-3-9(2)10-7-5-4-6-8-10/h1,5-9H,2H3. The minimum absolute atomic E-state index is 0.217. The van der Waals surface area contributed by atoms with E-state index in [2.05, 4.69) is 12.0 Å². The largest absolute Gasteiger partial charge is 0.119 e. The van der Waals surface area contributed by atoms with E-state index >= 15 is 0 Å². The molecular weight excluding hydrogens is 120 g/mol. The number of hydrogen-bond acceptors (Lipinski definition) is 0. The van der Waals surface area contributed by atoms with E-state index in [0.29, 0.717) is 0 Å². The maximum atomic E-state index is 5.24. The van der Waals surface area contributed by atoms with Gasteiger partial charge in [-0.15, -0.1) is 6.42 Å². The van der Waals surface area contributed by atoms with Crippen molar-refractivity contribution < 1.29 is 0 Å². The first-order valence-corrected chi connectivity index (χ1v) is 3.26. The van der Waals surface area contributed by atoms with Gasteiger partial charge in [0.2, 0.25) is 0 Å². The lowest BCUT2D eigenvalue weighted by Gasteiger charge is -2.01. The molecule has 0 spiro atoms. The van der Waals surface area contributed by atoms with Crippen molar-refractivity contribution in [1.29, 1.82) is 0 Å². The monoisotopic (exact) mass is 129 g/mol. The van der Waals surface area contributed by atoms with Crippen LogP contribution in [0.5, 0.6) is 0 Å². The van der Waals surface area contributed by atoms with Crippen LogP contribution >= 0.6 is 0 Å². The van der Waals surface area contributed by atoms with Crippen molar-refractivity contribution >= 4 is 0 Å². The van der Waals surface area contributed by atoms with E-state index in [-0.39, 0.29) is 5.92 Å². The highest BCUT2D eigenvalue weighted by molar-refractivity contribution is 5.24. The van der Waals surface area contributed by atoms with Crippen LogP contribution in [-0.4, -0.2) is 0 Å². The lowest BCUT2D eigenvalue weighted by atomic mass is 10.0. The van der Waals surface area contributed by atoms with Crippen molar-refractivity contribution in [3.05, 3.63) is 35.9 Å². The number of benzene rings is 1. The van der Waals surface area contributed by atoms with Crippen LogP contribution in [0.25, 0.3) is 0 Å². The summed E-state index contributed by atoms with van der Waals surface area (Å²) >= 11 is 0. The second kappa shape index (κ2) is 3.08. The third kappa shape index (κ3) is 1.39. The molecule has 0 heteroatoms. The molecule has 0 N–H and O–H groups in total. The van der Waals surface area contributed by atoms with Gasteiger partial charge in [-0.2, -0.15) is 0 Å². The minimum atomic E-state index is 0.217. The Kier molecular flexibility index (Phi) is 2.12. The van der Waals surface area contributed by atoms with Crippen molar-refractivity contribution in [2.24, 2.45) is 0 Å². The van der Waals surface area contributed by atoms with Gasteiger partial charge in [0.25, 0.3) is 0 Å². The Morgan fingerprint density at radius 2 is 2.10 bits per heavy atom. The number of hydrogen-bond donors (Lipinski definition) is 0. The molecule has 0 aliphatic heterocycles. The Labute approximate surface area is 61.9 Å². The average Bonchev–Trinajstić information content (AvgIpc) is 2.05. The molecule has 0 nitrogen and oxygen atoms in total. The Morgan fingerprint density at radius 1 is 1.50 bits per heavy atom. The van der Waals surface area contributed by atoms with Gasteiger partial charge >= 0.3 is 0 Å². The van der Waals surface area contributed by atoms with E-state index in [4.69, 9.17) is 6.42 Å². The van der Waals surface area contributed by atoms with E-state index in [9.17, 15) is 0 Å². The second-order valence-corrected chi connectivity index (χ2v) is 2.22. The maximum absolute atomic E-state index is 5.24. The van der Waals surface area contributed by atoms with Gasteiger partial charge in [0.05, 0.1) is 0 Å². The lowest BCUT2D eigenvalue weighted by molar-refractivity contribution is 1.01. The molecule has 1 unspecified atom stereocenters. The van der Waals surface area contributed by atoms with Gasteiger partial charge in [-0.1, -0.05) is 30.2 Å². The Hall–Kier alpha value is -1.22. The van der Waals surface area contributed by atoms with Crippen LogP contribution in [0.15, 0.2) is 24.3 Å². The van der Waals surface area contributed by atoms with Crippen molar-refractivity contribution in [2.45, 2.75) is 12.8 Å². The Balaban J connectivity index is 2.88. The third-order valence-electron chi connectivity index (χ3n) is 1.49. The fourth-order valence-corrected chi connectivity index (χ4v) is 0.785. The summed E-state index contributed by atoms with van der Waals surface area (Å²) in [5, 5.41) is 0. The van der Waals surface area contributed by atoms with Crippen LogP contribution in [-0.2, 0) is 0 Å². The second-order valence-electron chi connectivity index (χ2n) is 2.22. The van der Waals surface area contributed by atoms with Gasteiger partial charge < -0.3 is 0 Å². The Bertz CT molecular complexity index is 228. The van der Waals surface area contributed by atoms with E-state index in [1.165, 1.54) is 5.56 Å². The average molecular weight is 129 g/mol. The molecule has 0 saturated carbocycles. The van der Waals surface area contributed by atoms with E-state index in [0.717, 1.165) is 0 Å². The molecule has 10 heavy (non-hydrogen) atoms. The molecule has 1 radical (unpaired) electrons. The molecule has 0 aromatic heterocycles. The van der Waals surface area contributed by atoms with Gasteiger partial charge in [0, 0.05) is 5.92 Å². The van der Waals surface area contributed by atoms with Crippen molar-refractivity contribution in [2.75, 3.05) is 0 Å². The van der Waals surface area contributed by atoms with Gasteiger partial charge in [-0.25, -0.2) is 0 Å². The summed E-state index contributed by atoms with van der Waals surface area (Å²) < 4.78 is 0. The third-order valence-corrected chi connectivity index (χ3v) is 1.49. The van der Waals surface area contributed by atoms with Gasteiger partial charge in [0.1, 0.15) is 0 Å². The quantitative estimate of drug-likeness (QED) is 0.510. The Morgan fingerprint density at radius 3 is 2.60 bits per heavy atom. The first-order valence-electron chi connectivity index (χ1n) is 3.26. The molecule has 0 fully saturated rings. The van der Waals surface area contributed by atoms with Crippen LogP contribution in [0.4, 0.5) is 0 Å². The zero-order valence-electron chi connectivity index (χ0n) is 5.96. The fraction of sp³-hybridized carbons (Fsp3) is 0.200. The number of rotatable bonds is 1. The summed E-state index contributed by atoms with van der Waals surface area (Å²) in [5.74, 6) is 2.88. The first-order chi connectivity index (χ1) is 4.84. The van der Waals surface area contributed by atoms with Crippen LogP contribution in [0.2, 0.25) is 0 Å². The summed E-state index contributed by atoms with van der Waals surface area (Å²) in [5.41, 5.74) is 1.18. The van der Waals surface area contributed by atoms with Crippen LogP contribution in [0.3, 0.4) is 0 Å². The molecule has 0 aliphatic rings. The molecular formula is C10H9. The SMILES string of the molecule is C#CC(C)c1cc[c]cc1. The molecule has 1 aromatic carbocycles. The van der Waals surface area contributed by atoms with Gasteiger partial charge in [-0.3, -0.25) is 0 Å². The molecule has 0 bridgehead atoms. The fourth-order valence-electron chi connectivity index (χ4n) is 0.785. The molecule has 0 aliphatic carbocycles. The van der Waals surface area contributed by atoms with Crippen molar-refractivity contribution in [3.8, 4) is 12.3 Å². The van der Waals surface area contributed by atoms with Crippen LogP contribution < -0.4 is 0 Å². The zero-order chi connectivity index (χ0) is 7.40. The van der Waals surface area contributed by atoms with E-state index < -0.39 is 0 Å². The normalized spacial score (nSPS) is 12.0. The highest BCUT2D eigenvalue weighted by Gasteiger charge is 1.97. The van der Waals surface area contributed by atoms with E-state index in [1.807, 2.05) is 31.2 Å². The molecule has 0 amide bonds. The molecule has 1 aromatic rings. The molecule has 1 atom stereocenters. The molecule has 0 saturated heterocycles. The molecule has 49 valence electrons. The van der Waals surface area contributed by atoms with Gasteiger partial charge in [-0.05, 0) is 18.6 Å². The highest BCUT2D eigenvalue weighted by atomic mass is 14.0. The maximum Gasteiger partial charge on any atom is 0.0421 e. The topological polar surface area (TPSA) is 0 Å². The first kappa shape index (κ1) is 6.89. The molecule has 1 rings (SSSR count). The summed E-state index contributed by atoms with van der Waals surface area (Å²) in [6.07, 6.45) is 5.24. The van der Waals surface area contributed by atoms with Crippen molar-refractivity contribution in [3.63, 3.8) is 0 Å².